The van der Waals surface area contributed by atoms with Crippen LogP contribution in [0.15, 0.2) is 12.4 Å². The van der Waals surface area contributed by atoms with Crippen LogP contribution in [0.3, 0.4) is 0 Å². The summed E-state index contributed by atoms with van der Waals surface area (Å²) in [5, 5.41) is 7.84. The van der Waals surface area contributed by atoms with Crippen molar-refractivity contribution in [3.63, 3.8) is 0 Å². The number of rotatable bonds is 4. The molecule has 2 aromatic rings. The number of carbonyl (C=O) groups excluding carboxylic acids is 1. The van der Waals surface area contributed by atoms with Gasteiger partial charge in [-0.05, 0) is 33.2 Å². The Labute approximate surface area is 134 Å². The number of nitrogens with one attached hydrogen (secondary N) is 1. The smallest absolute Gasteiger partial charge is 0.240 e. The van der Waals surface area contributed by atoms with Gasteiger partial charge in [0.1, 0.15) is 0 Å². The zero-order valence-corrected chi connectivity index (χ0v) is 14.0. The lowest BCUT2D eigenvalue weighted by molar-refractivity contribution is -0.117. The molecule has 0 aromatic carbocycles. The summed E-state index contributed by atoms with van der Waals surface area (Å²) in [6.07, 6.45) is 6.12. The van der Waals surface area contributed by atoms with Crippen molar-refractivity contribution in [3.8, 4) is 0 Å². The molecule has 0 radical (unpaired) electrons. The molecule has 0 unspecified atom stereocenters. The van der Waals surface area contributed by atoms with Crippen molar-refractivity contribution in [2.45, 2.75) is 32.7 Å². The number of hydrogen-bond acceptors (Lipinski definition) is 5. The molecule has 1 fully saturated rings. The van der Waals surface area contributed by atoms with Crippen LogP contribution in [-0.4, -0.2) is 38.7 Å². The molecule has 1 aliphatic rings. The predicted molar refractivity (Wildman–Crippen MR) is 87.0 cm³/mol. The Bertz CT molecular complexity index is 658. The number of nitrogens with zero attached hydrogens (tertiary/aromatic N) is 4. The number of aryl methyl sites for hydroxylation is 3. The lowest BCUT2D eigenvalue weighted by Gasteiger charge is -2.22. The van der Waals surface area contributed by atoms with Gasteiger partial charge >= 0.3 is 0 Å². The van der Waals surface area contributed by atoms with E-state index < -0.39 is 0 Å². The number of anilines is 1. The average molecular weight is 319 g/mol. The summed E-state index contributed by atoms with van der Waals surface area (Å²) in [6.45, 7) is 5.32. The van der Waals surface area contributed by atoms with E-state index >= 15 is 0 Å². The fourth-order valence-corrected chi connectivity index (χ4v) is 3.71. The molecule has 7 heteroatoms. The highest BCUT2D eigenvalue weighted by atomic mass is 32.1. The molecule has 0 aliphatic carbocycles. The molecular weight excluding hydrogens is 298 g/mol. The Morgan fingerprint density at radius 3 is 2.95 bits per heavy atom. The van der Waals surface area contributed by atoms with E-state index in [1.807, 2.05) is 38.0 Å². The molecule has 1 saturated heterocycles. The summed E-state index contributed by atoms with van der Waals surface area (Å²) in [5.41, 5.74) is 2.17. The van der Waals surface area contributed by atoms with Gasteiger partial charge in [0.05, 0.1) is 18.4 Å². The minimum Gasteiger partial charge on any atom is -0.301 e. The molecule has 0 bridgehead atoms. The van der Waals surface area contributed by atoms with Gasteiger partial charge in [0.15, 0.2) is 5.13 Å². The number of likely N-dealkylation sites (tertiary alicyclic amines) is 1. The molecule has 2 aromatic heterocycles. The zero-order chi connectivity index (χ0) is 15.7. The van der Waals surface area contributed by atoms with Crippen LogP contribution < -0.4 is 5.32 Å². The number of thiazole rings is 1. The standard InChI is InChI=1S/C15H21N5OS/c1-10-11(2)22-15(17-10)18-14(21)9-20-6-4-5-13(20)12-7-16-19(3)8-12/h7-8,13H,4-6,9H2,1-3H3,(H,17,18,21)/t13-/m1/s1. The normalized spacial score (nSPS) is 18.8. The van der Waals surface area contributed by atoms with Crippen LogP contribution >= 0.6 is 11.3 Å². The largest absolute Gasteiger partial charge is 0.301 e. The lowest BCUT2D eigenvalue weighted by atomic mass is 10.1. The Morgan fingerprint density at radius 1 is 1.50 bits per heavy atom. The maximum atomic E-state index is 12.3. The SMILES string of the molecule is Cc1nc(NC(=O)CN2CCC[C@@H]2c2cnn(C)c2)sc1C. The van der Waals surface area contributed by atoms with E-state index in [1.165, 1.54) is 16.9 Å². The second-order valence-electron chi connectivity index (χ2n) is 5.78. The Hall–Kier alpha value is -1.73. The molecule has 1 N–H and O–H groups in total. The number of hydrogen-bond donors (Lipinski definition) is 1. The summed E-state index contributed by atoms with van der Waals surface area (Å²) in [4.78, 5) is 20.0. The molecule has 1 atom stereocenters. The highest BCUT2D eigenvalue weighted by Crippen LogP contribution is 2.31. The van der Waals surface area contributed by atoms with Crippen LogP contribution in [0, 0.1) is 13.8 Å². The van der Waals surface area contributed by atoms with E-state index in [9.17, 15) is 4.79 Å². The number of aromatic nitrogens is 3. The van der Waals surface area contributed by atoms with Crippen LogP contribution in [0.1, 0.15) is 35.0 Å². The second-order valence-corrected chi connectivity index (χ2v) is 6.99. The minimum atomic E-state index is 0.00420. The molecule has 0 saturated carbocycles. The average Bonchev–Trinajstić information content (AvgIpc) is 3.13. The van der Waals surface area contributed by atoms with Crippen molar-refractivity contribution in [1.82, 2.24) is 19.7 Å². The van der Waals surface area contributed by atoms with Gasteiger partial charge in [-0.2, -0.15) is 5.10 Å². The molecule has 1 aliphatic heterocycles. The molecule has 1 amide bonds. The molecule has 6 nitrogen and oxygen atoms in total. The third-order valence-corrected chi connectivity index (χ3v) is 5.08. The number of carbonyl (C=O) groups is 1. The highest BCUT2D eigenvalue weighted by Gasteiger charge is 2.28. The van der Waals surface area contributed by atoms with Crippen LogP contribution in [0.2, 0.25) is 0 Å². The van der Waals surface area contributed by atoms with Crippen LogP contribution in [0.25, 0.3) is 0 Å². The monoisotopic (exact) mass is 319 g/mol. The first-order chi connectivity index (χ1) is 10.5. The fourth-order valence-electron chi connectivity index (χ4n) is 2.87. The Kier molecular flexibility index (Phi) is 4.26. The molecule has 3 rings (SSSR count). The summed E-state index contributed by atoms with van der Waals surface area (Å²) in [5.74, 6) is 0.00420. The molecule has 22 heavy (non-hydrogen) atoms. The zero-order valence-electron chi connectivity index (χ0n) is 13.2. The van der Waals surface area contributed by atoms with Gasteiger partial charge in [0.25, 0.3) is 0 Å². The highest BCUT2D eigenvalue weighted by molar-refractivity contribution is 7.15. The van der Waals surface area contributed by atoms with Gasteiger partial charge in [-0.15, -0.1) is 11.3 Å². The topological polar surface area (TPSA) is 63.1 Å². The van der Waals surface area contributed by atoms with Gasteiger partial charge in [-0.25, -0.2) is 4.98 Å². The summed E-state index contributed by atoms with van der Waals surface area (Å²) in [7, 11) is 1.92. The summed E-state index contributed by atoms with van der Waals surface area (Å²) in [6, 6.07) is 0.291. The summed E-state index contributed by atoms with van der Waals surface area (Å²) < 4.78 is 1.81. The van der Waals surface area contributed by atoms with E-state index in [2.05, 4.69) is 20.3 Å². The van der Waals surface area contributed by atoms with E-state index in [0.717, 1.165) is 30.0 Å². The van der Waals surface area contributed by atoms with Gasteiger partial charge in [0, 0.05) is 29.7 Å². The first-order valence-electron chi connectivity index (χ1n) is 7.49. The second kappa shape index (κ2) is 6.18. The molecule has 3 heterocycles. The maximum absolute atomic E-state index is 12.3. The third kappa shape index (κ3) is 3.20. The van der Waals surface area contributed by atoms with E-state index in [-0.39, 0.29) is 5.91 Å². The van der Waals surface area contributed by atoms with Crippen molar-refractivity contribution < 1.29 is 4.79 Å². The lowest BCUT2D eigenvalue weighted by Crippen LogP contribution is -2.32. The van der Waals surface area contributed by atoms with Crippen molar-refractivity contribution in [2.75, 3.05) is 18.4 Å². The molecule has 118 valence electrons. The van der Waals surface area contributed by atoms with Crippen molar-refractivity contribution in [2.24, 2.45) is 7.05 Å². The fraction of sp³-hybridized carbons (Fsp3) is 0.533. The minimum absolute atomic E-state index is 0.00420. The van der Waals surface area contributed by atoms with Crippen LogP contribution in [-0.2, 0) is 11.8 Å². The Morgan fingerprint density at radius 2 is 2.32 bits per heavy atom. The van der Waals surface area contributed by atoms with Gasteiger partial charge < -0.3 is 5.32 Å². The van der Waals surface area contributed by atoms with Gasteiger partial charge in [-0.1, -0.05) is 0 Å². The molecular formula is C15H21N5OS. The van der Waals surface area contributed by atoms with Crippen molar-refractivity contribution in [1.29, 1.82) is 0 Å². The first-order valence-corrected chi connectivity index (χ1v) is 8.31. The number of amides is 1. The third-order valence-electron chi connectivity index (χ3n) is 4.09. The maximum Gasteiger partial charge on any atom is 0.240 e. The van der Waals surface area contributed by atoms with Crippen molar-refractivity contribution >= 4 is 22.4 Å². The Balaban J connectivity index is 1.63. The summed E-state index contributed by atoms with van der Waals surface area (Å²) >= 11 is 1.53. The van der Waals surface area contributed by atoms with Crippen LogP contribution in [0.5, 0.6) is 0 Å². The van der Waals surface area contributed by atoms with E-state index in [1.54, 1.807) is 0 Å². The predicted octanol–water partition coefficient (Wildman–Crippen LogP) is 2.27. The van der Waals surface area contributed by atoms with E-state index in [4.69, 9.17) is 0 Å². The van der Waals surface area contributed by atoms with Gasteiger partial charge in [-0.3, -0.25) is 14.4 Å². The van der Waals surface area contributed by atoms with E-state index in [0.29, 0.717) is 17.7 Å². The first kappa shape index (κ1) is 15.2. The van der Waals surface area contributed by atoms with Crippen molar-refractivity contribution in [3.05, 3.63) is 28.5 Å². The molecule has 0 spiro atoms. The van der Waals surface area contributed by atoms with Crippen LogP contribution in [0.4, 0.5) is 5.13 Å². The van der Waals surface area contributed by atoms with Gasteiger partial charge in [0.2, 0.25) is 5.91 Å². The quantitative estimate of drug-likeness (QED) is 0.939.